The van der Waals surface area contributed by atoms with Crippen LogP contribution < -0.4 is 10.2 Å². The lowest BCUT2D eigenvalue weighted by atomic mass is 10.2. The largest absolute Gasteiger partial charge is 0.444 e. The van der Waals surface area contributed by atoms with Crippen LogP contribution >= 0.6 is 0 Å². The van der Waals surface area contributed by atoms with E-state index >= 15 is 0 Å². The molecule has 1 N–H and O–H groups in total. The molecule has 0 unspecified atom stereocenters. The van der Waals surface area contributed by atoms with Crippen LogP contribution in [-0.4, -0.2) is 58.3 Å². The van der Waals surface area contributed by atoms with Crippen LogP contribution in [0.3, 0.4) is 0 Å². The summed E-state index contributed by atoms with van der Waals surface area (Å²) < 4.78 is 5.49. The van der Waals surface area contributed by atoms with E-state index in [2.05, 4.69) is 20.2 Å². The van der Waals surface area contributed by atoms with Gasteiger partial charge in [-0.3, -0.25) is 0 Å². The molecule has 132 valence electrons. The molecule has 0 bridgehead atoms. The van der Waals surface area contributed by atoms with E-state index < -0.39 is 5.60 Å². The third-order valence-electron chi connectivity index (χ3n) is 4.16. The number of nitrogens with one attached hydrogen (secondary N) is 1. The molecule has 1 aromatic heterocycles. The average Bonchev–Trinajstić information content (AvgIpc) is 3.29. The van der Waals surface area contributed by atoms with Crippen molar-refractivity contribution in [3.8, 4) is 0 Å². The van der Waals surface area contributed by atoms with Crippen molar-refractivity contribution in [3.63, 3.8) is 0 Å². The Bertz CT molecular complexity index is 597. The monoisotopic (exact) mass is 333 g/mol. The third-order valence-corrected chi connectivity index (χ3v) is 4.16. The lowest BCUT2D eigenvalue weighted by molar-refractivity contribution is 0.0158. The number of anilines is 2. The molecule has 0 aromatic carbocycles. The smallest absolute Gasteiger partial charge is 0.410 e. The summed E-state index contributed by atoms with van der Waals surface area (Å²) in [5, 5.41) is 3.40. The minimum absolute atomic E-state index is 0.0726. The zero-order chi connectivity index (χ0) is 17.3. The van der Waals surface area contributed by atoms with Crippen LogP contribution in [-0.2, 0) is 4.74 Å². The maximum Gasteiger partial charge on any atom is 0.410 e. The molecule has 0 spiro atoms. The third kappa shape index (κ3) is 4.27. The van der Waals surface area contributed by atoms with Crippen molar-refractivity contribution >= 4 is 17.7 Å². The van der Waals surface area contributed by atoms with E-state index in [1.54, 1.807) is 11.2 Å². The highest BCUT2D eigenvalue weighted by Gasteiger charge is 2.31. The van der Waals surface area contributed by atoms with Crippen LogP contribution in [0, 0.1) is 0 Å². The number of amides is 1. The minimum Gasteiger partial charge on any atom is -0.444 e. The summed E-state index contributed by atoms with van der Waals surface area (Å²) in [6, 6.07) is 2.63. The molecular weight excluding hydrogens is 306 g/mol. The number of piperazine rings is 1. The van der Waals surface area contributed by atoms with Gasteiger partial charge in [0.2, 0.25) is 0 Å². The fourth-order valence-corrected chi connectivity index (χ4v) is 2.79. The number of rotatable bonds is 3. The van der Waals surface area contributed by atoms with Gasteiger partial charge in [0.25, 0.3) is 0 Å². The number of hydrogen-bond acceptors (Lipinski definition) is 6. The van der Waals surface area contributed by atoms with E-state index in [0.717, 1.165) is 24.7 Å². The SMILES string of the molecule is C[C@@H]1CN(c2cc(NC3CC3)ncn2)CCN1C(=O)OC(C)(C)C. The van der Waals surface area contributed by atoms with Crippen molar-refractivity contribution in [3.05, 3.63) is 12.4 Å². The lowest BCUT2D eigenvalue weighted by Crippen LogP contribution is -2.55. The molecule has 1 saturated carbocycles. The van der Waals surface area contributed by atoms with E-state index in [-0.39, 0.29) is 12.1 Å². The average molecular weight is 333 g/mol. The molecule has 2 fully saturated rings. The van der Waals surface area contributed by atoms with Crippen LogP contribution in [0.1, 0.15) is 40.5 Å². The molecule has 1 saturated heterocycles. The Morgan fingerprint density at radius 1 is 1.29 bits per heavy atom. The number of carbonyl (C=O) groups is 1. The predicted molar refractivity (Wildman–Crippen MR) is 93.3 cm³/mol. The van der Waals surface area contributed by atoms with Crippen LogP contribution in [0.15, 0.2) is 12.4 Å². The molecule has 1 aliphatic heterocycles. The second-order valence-electron chi connectivity index (χ2n) is 7.65. The molecule has 7 heteroatoms. The van der Waals surface area contributed by atoms with Gasteiger partial charge in [0.05, 0.1) is 0 Å². The summed E-state index contributed by atoms with van der Waals surface area (Å²) in [6.45, 7) is 9.82. The van der Waals surface area contributed by atoms with Gasteiger partial charge < -0.3 is 19.9 Å². The Balaban J connectivity index is 1.61. The lowest BCUT2D eigenvalue weighted by Gasteiger charge is -2.40. The number of ether oxygens (including phenoxy) is 1. The summed E-state index contributed by atoms with van der Waals surface area (Å²) in [4.78, 5) is 25.0. The van der Waals surface area contributed by atoms with Crippen molar-refractivity contribution in [1.29, 1.82) is 0 Å². The van der Waals surface area contributed by atoms with E-state index in [0.29, 0.717) is 12.6 Å². The first-order valence-electron chi connectivity index (χ1n) is 8.65. The van der Waals surface area contributed by atoms with Gasteiger partial charge in [0, 0.05) is 37.8 Å². The number of nitrogens with zero attached hydrogens (tertiary/aromatic N) is 4. The van der Waals surface area contributed by atoms with Gasteiger partial charge in [0.1, 0.15) is 23.6 Å². The Morgan fingerprint density at radius 2 is 2.04 bits per heavy atom. The Labute approximate surface area is 143 Å². The first-order chi connectivity index (χ1) is 11.3. The molecule has 0 radical (unpaired) electrons. The highest BCUT2D eigenvalue weighted by molar-refractivity contribution is 5.69. The van der Waals surface area contributed by atoms with Crippen LogP contribution in [0.4, 0.5) is 16.4 Å². The topological polar surface area (TPSA) is 70.6 Å². The molecule has 24 heavy (non-hydrogen) atoms. The molecule has 1 aromatic rings. The Kier molecular flexibility index (Phi) is 4.51. The molecule has 1 aliphatic carbocycles. The van der Waals surface area contributed by atoms with Crippen LogP contribution in [0.2, 0.25) is 0 Å². The summed E-state index contributed by atoms with van der Waals surface area (Å²) >= 11 is 0. The number of hydrogen-bond donors (Lipinski definition) is 1. The number of carbonyl (C=O) groups excluding carboxylic acids is 1. The highest BCUT2D eigenvalue weighted by Crippen LogP contribution is 2.25. The molecule has 1 atom stereocenters. The normalized spacial score (nSPS) is 21.6. The van der Waals surface area contributed by atoms with Gasteiger partial charge in [-0.15, -0.1) is 0 Å². The minimum atomic E-state index is -0.468. The van der Waals surface area contributed by atoms with Crippen molar-refractivity contribution in [2.45, 2.75) is 58.2 Å². The zero-order valence-corrected chi connectivity index (χ0v) is 15.0. The van der Waals surface area contributed by atoms with Crippen molar-refractivity contribution in [1.82, 2.24) is 14.9 Å². The second kappa shape index (κ2) is 6.45. The molecular formula is C17H27N5O2. The molecule has 1 amide bonds. The van der Waals surface area contributed by atoms with Crippen molar-refractivity contribution in [2.24, 2.45) is 0 Å². The summed E-state index contributed by atoms with van der Waals surface area (Å²) in [6.07, 6.45) is 3.79. The van der Waals surface area contributed by atoms with E-state index in [1.807, 2.05) is 33.8 Å². The molecule has 2 heterocycles. The van der Waals surface area contributed by atoms with Crippen molar-refractivity contribution in [2.75, 3.05) is 29.9 Å². The first kappa shape index (κ1) is 16.8. The highest BCUT2D eigenvalue weighted by atomic mass is 16.6. The maximum atomic E-state index is 12.3. The van der Waals surface area contributed by atoms with E-state index in [1.165, 1.54) is 12.8 Å². The Morgan fingerprint density at radius 3 is 2.67 bits per heavy atom. The Hall–Kier alpha value is -2.05. The van der Waals surface area contributed by atoms with Gasteiger partial charge in [-0.25, -0.2) is 14.8 Å². The van der Waals surface area contributed by atoms with E-state index in [4.69, 9.17) is 4.74 Å². The summed E-state index contributed by atoms with van der Waals surface area (Å²) in [7, 11) is 0. The standard InChI is InChI=1S/C17H27N5O2/c1-12-10-21(7-8-22(12)16(23)24-17(2,3)4)15-9-14(18-11-19-15)20-13-5-6-13/h9,11-13H,5-8,10H2,1-4H3,(H,18,19,20)/t12-/m1/s1. The second-order valence-corrected chi connectivity index (χ2v) is 7.65. The van der Waals surface area contributed by atoms with E-state index in [9.17, 15) is 4.79 Å². The zero-order valence-electron chi connectivity index (χ0n) is 15.0. The molecule has 7 nitrogen and oxygen atoms in total. The fourth-order valence-electron chi connectivity index (χ4n) is 2.79. The summed E-state index contributed by atoms with van der Waals surface area (Å²) in [5.74, 6) is 1.79. The van der Waals surface area contributed by atoms with Gasteiger partial charge >= 0.3 is 6.09 Å². The van der Waals surface area contributed by atoms with Crippen LogP contribution in [0.25, 0.3) is 0 Å². The first-order valence-corrected chi connectivity index (χ1v) is 8.65. The van der Waals surface area contributed by atoms with Crippen LogP contribution in [0.5, 0.6) is 0 Å². The number of aromatic nitrogens is 2. The van der Waals surface area contributed by atoms with Gasteiger partial charge in [0.15, 0.2) is 0 Å². The van der Waals surface area contributed by atoms with Gasteiger partial charge in [-0.2, -0.15) is 0 Å². The van der Waals surface area contributed by atoms with Gasteiger partial charge in [-0.05, 0) is 40.5 Å². The quantitative estimate of drug-likeness (QED) is 0.916. The molecule has 2 aliphatic rings. The van der Waals surface area contributed by atoms with Crippen molar-refractivity contribution < 1.29 is 9.53 Å². The summed E-state index contributed by atoms with van der Waals surface area (Å²) in [5.41, 5.74) is -0.468. The van der Waals surface area contributed by atoms with Gasteiger partial charge in [-0.1, -0.05) is 0 Å². The fraction of sp³-hybridized carbons (Fsp3) is 0.706. The predicted octanol–water partition coefficient (Wildman–Crippen LogP) is 2.50. The maximum absolute atomic E-state index is 12.3. The molecule has 3 rings (SSSR count).